The number of hydrogen-bond acceptors (Lipinski definition) is 3. The second kappa shape index (κ2) is 5.67. The first-order chi connectivity index (χ1) is 8.72. The Morgan fingerprint density at radius 1 is 1.06 bits per heavy atom. The number of anilines is 1. The molecule has 0 saturated carbocycles. The minimum Gasteiger partial charge on any atom is -0.385 e. The van der Waals surface area contributed by atoms with Crippen LogP contribution in [0.15, 0.2) is 18.2 Å². The molecule has 2 N–H and O–H groups in total. The number of imide groups is 1. The van der Waals surface area contributed by atoms with Gasteiger partial charge in [0, 0.05) is 12.2 Å². The zero-order valence-corrected chi connectivity index (χ0v) is 10.6. The van der Waals surface area contributed by atoms with E-state index in [1.807, 2.05) is 6.07 Å². The quantitative estimate of drug-likeness (QED) is 0.599. The summed E-state index contributed by atoms with van der Waals surface area (Å²) in [6, 6.07) is 5.29. The molecular formula is C14H18N2O2. The highest BCUT2D eigenvalue weighted by Gasteiger charge is 2.26. The predicted octanol–water partition coefficient (Wildman–Crippen LogP) is 2.56. The van der Waals surface area contributed by atoms with E-state index < -0.39 is 0 Å². The smallest absolute Gasteiger partial charge is 0.259 e. The molecule has 4 heteroatoms. The van der Waals surface area contributed by atoms with Crippen molar-refractivity contribution in [3.8, 4) is 0 Å². The van der Waals surface area contributed by atoms with Gasteiger partial charge in [0.25, 0.3) is 11.8 Å². The Balaban J connectivity index is 1.93. The SMILES string of the molecule is CCCCCCNc1ccc2c(c1)C(=O)NC2=O. The van der Waals surface area contributed by atoms with Crippen molar-refractivity contribution >= 4 is 17.5 Å². The maximum Gasteiger partial charge on any atom is 0.259 e. The molecule has 0 fully saturated rings. The maximum atomic E-state index is 11.5. The number of amides is 2. The summed E-state index contributed by atoms with van der Waals surface area (Å²) in [4.78, 5) is 22.9. The zero-order chi connectivity index (χ0) is 13.0. The number of carbonyl (C=O) groups excluding carboxylic acids is 2. The Morgan fingerprint density at radius 3 is 2.61 bits per heavy atom. The third-order valence-corrected chi connectivity index (χ3v) is 3.10. The first-order valence-electron chi connectivity index (χ1n) is 6.46. The molecule has 0 aliphatic carbocycles. The Labute approximate surface area is 107 Å². The number of benzene rings is 1. The van der Waals surface area contributed by atoms with Gasteiger partial charge in [-0.15, -0.1) is 0 Å². The van der Waals surface area contributed by atoms with Crippen LogP contribution >= 0.6 is 0 Å². The number of carbonyl (C=O) groups is 2. The third kappa shape index (κ3) is 2.70. The molecule has 0 unspecified atom stereocenters. The van der Waals surface area contributed by atoms with E-state index in [2.05, 4.69) is 17.6 Å². The van der Waals surface area contributed by atoms with Gasteiger partial charge in [-0.05, 0) is 24.6 Å². The van der Waals surface area contributed by atoms with E-state index in [0.29, 0.717) is 11.1 Å². The molecule has 2 rings (SSSR count). The summed E-state index contributed by atoms with van der Waals surface area (Å²) in [6.07, 6.45) is 4.81. The second-order valence-corrected chi connectivity index (χ2v) is 4.53. The molecule has 0 saturated heterocycles. The van der Waals surface area contributed by atoms with Crippen LogP contribution in [0.2, 0.25) is 0 Å². The highest BCUT2D eigenvalue weighted by Crippen LogP contribution is 2.20. The molecule has 0 bridgehead atoms. The Morgan fingerprint density at radius 2 is 1.83 bits per heavy atom. The molecule has 0 aromatic heterocycles. The Hall–Kier alpha value is -1.84. The van der Waals surface area contributed by atoms with Crippen molar-refractivity contribution < 1.29 is 9.59 Å². The zero-order valence-electron chi connectivity index (χ0n) is 10.6. The van der Waals surface area contributed by atoms with Gasteiger partial charge in [0.2, 0.25) is 0 Å². The lowest BCUT2D eigenvalue weighted by molar-refractivity contribution is 0.0879. The van der Waals surface area contributed by atoms with Gasteiger partial charge < -0.3 is 5.32 Å². The average Bonchev–Trinajstić information content (AvgIpc) is 2.65. The van der Waals surface area contributed by atoms with E-state index in [-0.39, 0.29) is 11.8 Å². The molecule has 0 spiro atoms. The molecule has 18 heavy (non-hydrogen) atoms. The van der Waals surface area contributed by atoms with Crippen LogP contribution in [0, 0.1) is 0 Å². The van der Waals surface area contributed by atoms with Crippen LogP contribution in [0.1, 0.15) is 53.3 Å². The van der Waals surface area contributed by atoms with Gasteiger partial charge in [0.15, 0.2) is 0 Å². The average molecular weight is 246 g/mol. The third-order valence-electron chi connectivity index (χ3n) is 3.10. The van der Waals surface area contributed by atoms with E-state index in [1.54, 1.807) is 12.1 Å². The summed E-state index contributed by atoms with van der Waals surface area (Å²) >= 11 is 0. The molecule has 1 aliphatic rings. The molecule has 2 amide bonds. The summed E-state index contributed by atoms with van der Waals surface area (Å²) in [6.45, 7) is 3.08. The Kier molecular flexibility index (Phi) is 3.97. The predicted molar refractivity (Wildman–Crippen MR) is 70.9 cm³/mol. The summed E-state index contributed by atoms with van der Waals surface area (Å²) in [5.74, 6) is -0.603. The van der Waals surface area contributed by atoms with Gasteiger partial charge in [-0.25, -0.2) is 0 Å². The van der Waals surface area contributed by atoms with Gasteiger partial charge in [0.05, 0.1) is 11.1 Å². The lowest BCUT2D eigenvalue weighted by Gasteiger charge is -2.06. The standard InChI is InChI=1S/C14H18N2O2/c1-2-3-4-5-8-15-10-6-7-11-12(9-10)14(18)16-13(11)17/h6-7,9,15H,2-5,8H2,1H3,(H,16,17,18). The van der Waals surface area contributed by atoms with Gasteiger partial charge in [0.1, 0.15) is 0 Å². The fraction of sp³-hybridized carbons (Fsp3) is 0.429. The molecule has 0 radical (unpaired) electrons. The van der Waals surface area contributed by atoms with Crippen LogP contribution in [0.4, 0.5) is 5.69 Å². The summed E-state index contributed by atoms with van der Waals surface area (Å²) in [5, 5.41) is 5.57. The number of hydrogen-bond donors (Lipinski definition) is 2. The highest BCUT2D eigenvalue weighted by molar-refractivity contribution is 6.21. The van der Waals surface area contributed by atoms with E-state index in [0.717, 1.165) is 18.7 Å². The minimum absolute atomic E-state index is 0.301. The summed E-state index contributed by atoms with van der Waals surface area (Å²) < 4.78 is 0. The van der Waals surface area contributed by atoms with E-state index >= 15 is 0 Å². The summed E-state index contributed by atoms with van der Waals surface area (Å²) in [5.41, 5.74) is 1.84. The fourth-order valence-electron chi connectivity index (χ4n) is 2.06. The van der Waals surface area contributed by atoms with Gasteiger partial charge in [-0.3, -0.25) is 14.9 Å². The maximum absolute atomic E-state index is 11.5. The van der Waals surface area contributed by atoms with Crippen molar-refractivity contribution in [1.29, 1.82) is 0 Å². The van der Waals surface area contributed by atoms with Gasteiger partial charge >= 0.3 is 0 Å². The number of rotatable bonds is 6. The van der Waals surface area contributed by atoms with Crippen molar-refractivity contribution in [2.75, 3.05) is 11.9 Å². The van der Waals surface area contributed by atoms with Gasteiger partial charge in [-0.1, -0.05) is 26.2 Å². The van der Waals surface area contributed by atoms with Crippen LogP contribution in [0.5, 0.6) is 0 Å². The van der Waals surface area contributed by atoms with Crippen LogP contribution in [-0.2, 0) is 0 Å². The van der Waals surface area contributed by atoms with E-state index in [9.17, 15) is 9.59 Å². The van der Waals surface area contributed by atoms with Crippen molar-refractivity contribution in [2.45, 2.75) is 32.6 Å². The van der Waals surface area contributed by atoms with Crippen molar-refractivity contribution in [3.05, 3.63) is 29.3 Å². The van der Waals surface area contributed by atoms with Crippen LogP contribution in [-0.4, -0.2) is 18.4 Å². The lowest BCUT2D eigenvalue weighted by Crippen LogP contribution is -2.19. The molecule has 0 atom stereocenters. The molecule has 1 aromatic carbocycles. The van der Waals surface area contributed by atoms with Crippen LogP contribution in [0.25, 0.3) is 0 Å². The lowest BCUT2D eigenvalue weighted by atomic mass is 10.1. The molecular weight excluding hydrogens is 228 g/mol. The first kappa shape index (κ1) is 12.6. The second-order valence-electron chi connectivity index (χ2n) is 4.53. The fourth-order valence-corrected chi connectivity index (χ4v) is 2.06. The van der Waals surface area contributed by atoms with Crippen LogP contribution in [0.3, 0.4) is 0 Å². The monoisotopic (exact) mass is 246 g/mol. The van der Waals surface area contributed by atoms with Crippen molar-refractivity contribution in [2.24, 2.45) is 0 Å². The van der Waals surface area contributed by atoms with E-state index in [1.165, 1.54) is 19.3 Å². The molecule has 1 aliphatic heterocycles. The van der Waals surface area contributed by atoms with Crippen LogP contribution < -0.4 is 10.6 Å². The van der Waals surface area contributed by atoms with Gasteiger partial charge in [-0.2, -0.15) is 0 Å². The first-order valence-corrected chi connectivity index (χ1v) is 6.46. The van der Waals surface area contributed by atoms with Crippen molar-refractivity contribution in [3.63, 3.8) is 0 Å². The minimum atomic E-state index is -0.301. The topological polar surface area (TPSA) is 58.2 Å². The number of unbranched alkanes of at least 4 members (excludes halogenated alkanes) is 3. The molecule has 1 heterocycles. The molecule has 4 nitrogen and oxygen atoms in total. The van der Waals surface area contributed by atoms with E-state index in [4.69, 9.17) is 0 Å². The highest BCUT2D eigenvalue weighted by atomic mass is 16.2. The molecule has 1 aromatic rings. The Bertz CT molecular complexity index is 469. The summed E-state index contributed by atoms with van der Waals surface area (Å²) in [7, 11) is 0. The largest absolute Gasteiger partial charge is 0.385 e. The number of fused-ring (bicyclic) bond motifs is 1. The normalized spacial score (nSPS) is 13.4. The molecule has 96 valence electrons. The number of nitrogens with one attached hydrogen (secondary N) is 2. The van der Waals surface area contributed by atoms with Crippen molar-refractivity contribution in [1.82, 2.24) is 5.32 Å².